The van der Waals surface area contributed by atoms with Crippen molar-refractivity contribution >= 4 is 33.0 Å². The van der Waals surface area contributed by atoms with Gasteiger partial charge in [0.15, 0.2) is 0 Å². The van der Waals surface area contributed by atoms with Gasteiger partial charge in [-0.2, -0.15) is 4.31 Å². The van der Waals surface area contributed by atoms with Crippen molar-refractivity contribution in [3.8, 4) is 0 Å². The van der Waals surface area contributed by atoms with Gasteiger partial charge in [0, 0.05) is 49.0 Å². The summed E-state index contributed by atoms with van der Waals surface area (Å²) in [5.41, 5.74) is 0.872. The lowest BCUT2D eigenvalue weighted by atomic mass is 10.2. The zero-order valence-electron chi connectivity index (χ0n) is 13.2. The summed E-state index contributed by atoms with van der Waals surface area (Å²) in [5, 5.41) is 11.1. The molecule has 1 aliphatic rings. The van der Waals surface area contributed by atoms with Crippen molar-refractivity contribution in [3.05, 3.63) is 63.7 Å². The van der Waals surface area contributed by atoms with Crippen molar-refractivity contribution in [2.24, 2.45) is 0 Å². The summed E-state index contributed by atoms with van der Waals surface area (Å²) in [6, 6.07) is 12.5. The molecule has 3 rings (SSSR count). The Morgan fingerprint density at radius 3 is 2.20 bits per heavy atom. The standard InChI is InChI=1S/C16H16ClN3O4S/c17-13-2-1-3-16(12-13)25(23,24)19-10-8-18(9-11-19)14-4-6-15(7-5-14)20(21)22/h1-7,12H,8-11H2. The van der Waals surface area contributed by atoms with Gasteiger partial charge in [0.25, 0.3) is 5.69 Å². The number of piperazine rings is 1. The third-order valence-corrected chi connectivity index (χ3v) is 6.23. The summed E-state index contributed by atoms with van der Waals surface area (Å²) in [6.07, 6.45) is 0. The van der Waals surface area contributed by atoms with Crippen LogP contribution in [0.15, 0.2) is 53.4 Å². The zero-order chi connectivity index (χ0) is 18.0. The Morgan fingerprint density at radius 2 is 1.64 bits per heavy atom. The van der Waals surface area contributed by atoms with Gasteiger partial charge in [-0.25, -0.2) is 8.42 Å². The molecule has 9 heteroatoms. The lowest BCUT2D eigenvalue weighted by molar-refractivity contribution is -0.384. The Kier molecular flexibility index (Phi) is 4.94. The normalized spacial score (nSPS) is 16.0. The number of nitro benzene ring substituents is 1. The van der Waals surface area contributed by atoms with Crippen LogP contribution in [-0.4, -0.2) is 43.8 Å². The second-order valence-corrected chi connectivity index (χ2v) is 8.00. The number of hydrogen-bond acceptors (Lipinski definition) is 5. The second kappa shape index (κ2) is 6.99. The van der Waals surface area contributed by atoms with Gasteiger partial charge in [-0.3, -0.25) is 10.1 Å². The molecule has 132 valence electrons. The van der Waals surface area contributed by atoms with Crippen molar-refractivity contribution in [1.29, 1.82) is 0 Å². The summed E-state index contributed by atoms with van der Waals surface area (Å²) in [7, 11) is -3.58. The average Bonchev–Trinajstić information content (AvgIpc) is 2.62. The molecule has 0 radical (unpaired) electrons. The van der Waals surface area contributed by atoms with Crippen molar-refractivity contribution in [2.45, 2.75) is 4.90 Å². The molecule has 0 N–H and O–H groups in total. The maximum atomic E-state index is 12.7. The SMILES string of the molecule is O=[N+]([O-])c1ccc(N2CCN(S(=O)(=O)c3cccc(Cl)c3)CC2)cc1. The first-order chi connectivity index (χ1) is 11.9. The van der Waals surface area contributed by atoms with Crippen molar-refractivity contribution in [3.63, 3.8) is 0 Å². The molecule has 0 unspecified atom stereocenters. The fourth-order valence-electron chi connectivity index (χ4n) is 2.75. The van der Waals surface area contributed by atoms with E-state index in [0.29, 0.717) is 31.2 Å². The summed E-state index contributed by atoms with van der Waals surface area (Å²) in [5.74, 6) is 0. The second-order valence-electron chi connectivity index (χ2n) is 5.62. The van der Waals surface area contributed by atoms with E-state index in [1.165, 1.54) is 28.6 Å². The number of nitro groups is 1. The molecule has 2 aromatic rings. The van der Waals surface area contributed by atoms with Crippen LogP contribution in [0.5, 0.6) is 0 Å². The van der Waals surface area contributed by atoms with Crippen LogP contribution in [0.25, 0.3) is 0 Å². The molecule has 1 aliphatic heterocycles. The van der Waals surface area contributed by atoms with Gasteiger partial charge >= 0.3 is 0 Å². The predicted octanol–water partition coefficient (Wildman–Crippen LogP) is 2.76. The molecule has 7 nitrogen and oxygen atoms in total. The van der Waals surface area contributed by atoms with E-state index < -0.39 is 14.9 Å². The number of halogens is 1. The Balaban J connectivity index is 1.70. The van der Waals surface area contributed by atoms with Gasteiger partial charge < -0.3 is 4.90 Å². The number of sulfonamides is 1. The Bertz CT molecular complexity index is 879. The Hall–Kier alpha value is -2.16. The number of hydrogen-bond donors (Lipinski definition) is 0. The molecule has 0 atom stereocenters. The maximum Gasteiger partial charge on any atom is 0.269 e. The molecule has 0 saturated carbocycles. The zero-order valence-corrected chi connectivity index (χ0v) is 14.8. The molecular weight excluding hydrogens is 366 g/mol. The maximum absolute atomic E-state index is 12.7. The molecule has 0 spiro atoms. The first kappa shape index (κ1) is 17.7. The highest BCUT2D eigenvalue weighted by molar-refractivity contribution is 7.89. The Labute approximate surface area is 150 Å². The average molecular weight is 382 g/mol. The van der Waals surface area contributed by atoms with Gasteiger partial charge in [-0.05, 0) is 30.3 Å². The lowest BCUT2D eigenvalue weighted by Gasteiger charge is -2.35. The summed E-state index contributed by atoms with van der Waals surface area (Å²) in [4.78, 5) is 12.5. The van der Waals surface area contributed by atoms with E-state index in [0.717, 1.165) is 5.69 Å². The molecule has 1 saturated heterocycles. The molecule has 0 aliphatic carbocycles. The summed E-state index contributed by atoms with van der Waals surface area (Å²) < 4.78 is 26.8. The highest BCUT2D eigenvalue weighted by atomic mass is 35.5. The largest absolute Gasteiger partial charge is 0.369 e. The highest BCUT2D eigenvalue weighted by Gasteiger charge is 2.28. The van der Waals surface area contributed by atoms with Crippen LogP contribution in [0, 0.1) is 10.1 Å². The van der Waals surface area contributed by atoms with E-state index in [1.54, 1.807) is 24.3 Å². The van der Waals surface area contributed by atoms with E-state index >= 15 is 0 Å². The van der Waals surface area contributed by atoms with Crippen LogP contribution in [-0.2, 0) is 10.0 Å². The number of anilines is 1. The topological polar surface area (TPSA) is 83.8 Å². The van der Waals surface area contributed by atoms with E-state index in [2.05, 4.69) is 0 Å². The van der Waals surface area contributed by atoms with Gasteiger partial charge in [-0.15, -0.1) is 0 Å². The van der Waals surface area contributed by atoms with Gasteiger partial charge in [0.2, 0.25) is 10.0 Å². The summed E-state index contributed by atoms with van der Waals surface area (Å²) in [6.45, 7) is 1.70. The molecule has 0 amide bonds. The minimum Gasteiger partial charge on any atom is -0.369 e. The van der Waals surface area contributed by atoms with E-state index in [-0.39, 0.29) is 10.6 Å². The number of non-ortho nitro benzene ring substituents is 1. The van der Waals surface area contributed by atoms with Crippen LogP contribution >= 0.6 is 11.6 Å². The van der Waals surface area contributed by atoms with Gasteiger partial charge in [0.1, 0.15) is 0 Å². The van der Waals surface area contributed by atoms with Gasteiger partial charge in [0.05, 0.1) is 9.82 Å². The molecule has 25 heavy (non-hydrogen) atoms. The molecule has 0 aromatic heterocycles. The molecule has 2 aromatic carbocycles. The number of nitrogens with zero attached hydrogens (tertiary/aromatic N) is 3. The first-order valence-corrected chi connectivity index (χ1v) is 9.45. The van der Waals surface area contributed by atoms with Crippen LogP contribution in [0.2, 0.25) is 5.02 Å². The van der Waals surface area contributed by atoms with E-state index in [1.807, 2.05) is 4.90 Å². The van der Waals surface area contributed by atoms with Gasteiger partial charge in [-0.1, -0.05) is 17.7 Å². The van der Waals surface area contributed by atoms with Crippen LogP contribution in [0.4, 0.5) is 11.4 Å². The molecular formula is C16H16ClN3O4S. The molecule has 1 heterocycles. The van der Waals surface area contributed by atoms with E-state index in [4.69, 9.17) is 11.6 Å². The highest BCUT2D eigenvalue weighted by Crippen LogP contribution is 2.24. The van der Waals surface area contributed by atoms with Crippen molar-refractivity contribution in [1.82, 2.24) is 4.31 Å². The number of benzene rings is 2. The predicted molar refractivity (Wildman–Crippen MR) is 95.5 cm³/mol. The first-order valence-electron chi connectivity index (χ1n) is 7.63. The third-order valence-electron chi connectivity index (χ3n) is 4.10. The van der Waals surface area contributed by atoms with Crippen LogP contribution < -0.4 is 4.90 Å². The van der Waals surface area contributed by atoms with Crippen molar-refractivity contribution < 1.29 is 13.3 Å². The minimum atomic E-state index is -3.58. The Morgan fingerprint density at radius 1 is 1.00 bits per heavy atom. The van der Waals surface area contributed by atoms with Crippen molar-refractivity contribution in [2.75, 3.05) is 31.1 Å². The van der Waals surface area contributed by atoms with E-state index in [9.17, 15) is 18.5 Å². The van der Waals surface area contributed by atoms with Crippen LogP contribution in [0.3, 0.4) is 0 Å². The van der Waals surface area contributed by atoms with Crippen LogP contribution in [0.1, 0.15) is 0 Å². The fraction of sp³-hybridized carbons (Fsp3) is 0.250. The smallest absolute Gasteiger partial charge is 0.269 e. The number of rotatable bonds is 4. The monoisotopic (exact) mass is 381 g/mol. The third kappa shape index (κ3) is 3.76. The quantitative estimate of drug-likeness (QED) is 0.600. The minimum absolute atomic E-state index is 0.0333. The fourth-order valence-corrected chi connectivity index (χ4v) is 4.47. The summed E-state index contributed by atoms with van der Waals surface area (Å²) >= 11 is 5.89. The lowest BCUT2D eigenvalue weighted by Crippen LogP contribution is -2.48. The molecule has 0 bridgehead atoms. The molecule has 1 fully saturated rings.